The third kappa shape index (κ3) is 8.45. The quantitative estimate of drug-likeness (QED) is 0.0917. The molecule has 4 N–H and O–H groups in total. The number of carboxylic acid groups (broad SMARTS) is 1. The maximum Gasteiger partial charge on any atom is 0.218 e. The minimum absolute atomic E-state index is 0.214. The molecular weight excluding hydrogens is 658 g/mol. The molecule has 0 spiro atoms. The molecule has 45 heavy (non-hydrogen) atoms. The third-order valence-corrected chi connectivity index (χ3v) is 8.80. The van der Waals surface area contributed by atoms with Gasteiger partial charge in [0, 0.05) is 27.1 Å². The van der Waals surface area contributed by atoms with Crippen molar-refractivity contribution in [2.24, 2.45) is 5.92 Å². The van der Waals surface area contributed by atoms with Crippen molar-refractivity contribution < 1.29 is 88.0 Å². The number of carboxylic acids is 1. The molecule has 1 amide bonds. The molecule has 2 heterocycles. The number of carbonyl (C=O) groups is 2. The molecule has 2 aliphatic heterocycles. The molecule has 2 saturated heterocycles. The monoisotopic (exact) mass is 696 g/mol. The van der Waals surface area contributed by atoms with E-state index in [1.54, 1.807) is 0 Å². The van der Waals surface area contributed by atoms with E-state index in [0.29, 0.717) is 6.92 Å². The Morgan fingerprint density at radius 1 is 0.933 bits per heavy atom. The molecule has 0 aliphatic carbocycles. The summed E-state index contributed by atoms with van der Waals surface area (Å²) >= 11 is 0. The molecule has 0 aromatic rings. The van der Waals surface area contributed by atoms with E-state index in [2.05, 4.69) is 9.50 Å². The van der Waals surface area contributed by atoms with Gasteiger partial charge in [-0.15, -0.1) is 0 Å². The standard InChI is InChI=1S/C23H41NO19S2/c1-12(26)24-15-13(18(41-44(31,32)33)20(2,9-25)40-14(15)8-37-5)7-39-10-21(3)16(27)17(28)23(11-38-6,43-45(34,35)36)22(4,42-21)19(29)30/h13-18,25,27-28H,7-11H2,1-6H3,(H,24,26)(H,29,30)(H,31,32,33)(H,34,35,36)/p-3/t13-,14-,15?,16?,17-,18+,20?,21-,22?,23+/m0/s1. The predicted molar refractivity (Wildman–Crippen MR) is 139 cm³/mol. The summed E-state index contributed by atoms with van der Waals surface area (Å²) in [4.78, 5) is 24.4. The summed E-state index contributed by atoms with van der Waals surface area (Å²) in [5, 5.41) is 47.1. The molecule has 4 unspecified atom stereocenters. The molecule has 2 fully saturated rings. The van der Waals surface area contributed by atoms with Crippen molar-refractivity contribution in [2.75, 3.05) is 47.3 Å². The van der Waals surface area contributed by atoms with E-state index in [1.807, 2.05) is 0 Å². The van der Waals surface area contributed by atoms with Crippen LogP contribution in [0.25, 0.3) is 0 Å². The van der Waals surface area contributed by atoms with Crippen LogP contribution in [0.2, 0.25) is 0 Å². The first-order valence-corrected chi connectivity index (χ1v) is 15.8. The smallest absolute Gasteiger partial charge is 0.218 e. The van der Waals surface area contributed by atoms with Crippen molar-refractivity contribution in [1.29, 1.82) is 0 Å². The molecule has 0 bridgehead atoms. The first-order valence-electron chi connectivity index (χ1n) is 13.2. The highest BCUT2D eigenvalue weighted by Gasteiger charge is 2.68. The van der Waals surface area contributed by atoms with E-state index in [9.17, 15) is 56.0 Å². The molecule has 0 aromatic heterocycles. The van der Waals surface area contributed by atoms with Gasteiger partial charge in [0.15, 0.2) is 5.60 Å². The molecule has 22 heteroatoms. The summed E-state index contributed by atoms with van der Waals surface area (Å²) in [6.45, 7) is 0.363. The minimum atomic E-state index is -5.76. The number of methoxy groups -OCH3 is 2. The summed E-state index contributed by atoms with van der Waals surface area (Å²) in [7, 11) is -8.99. The van der Waals surface area contributed by atoms with E-state index in [4.69, 9.17) is 27.9 Å². The lowest BCUT2D eigenvalue weighted by atomic mass is 9.71. The van der Waals surface area contributed by atoms with Crippen molar-refractivity contribution in [3.63, 3.8) is 0 Å². The molecule has 0 radical (unpaired) electrons. The van der Waals surface area contributed by atoms with Crippen molar-refractivity contribution >= 4 is 32.7 Å². The van der Waals surface area contributed by atoms with Crippen LogP contribution in [-0.2, 0) is 62.4 Å². The number of nitrogens with one attached hydrogen (secondary N) is 1. The third-order valence-electron chi connectivity index (χ3n) is 7.85. The molecule has 2 aliphatic rings. The Morgan fingerprint density at radius 3 is 1.98 bits per heavy atom. The number of aliphatic hydroxyl groups excluding tert-OH is 3. The fraction of sp³-hybridized carbons (Fsp3) is 0.913. The number of rotatable bonds is 15. The zero-order valence-electron chi connectivity index (χ0n) is 25.2. The van der Waals surface area contributed by atoms with Gasteiger partial charge in [-0.3, -0.25) is 13.2 Å². The number of amides is 1. The average molecular weight is 697 g/mol. The normalized spacial score (nSPS) is 39.4. The van der Waals surface area contributed by atoms with Gasteiger partial charge in [0.2, 0.25) is 26.7 Å². The van der Waals surface area contributed by atoms with Crippen LogP contribution in [0.15, 0.2) is 0 Å². The van der Waals surface area contributed by atoms with Gasteiger partial charge in [0.05, 0.1) is 45.0 Å². The lowest BCUT2D eigenvalue weighted by Crippen LogP contribution is -2.81. The predicted octanol–water partition coefficient (Wildman–Crippen LogP) is -5.35. The zero-order chi connectivity index (χ0) is 34.8. The highest BCUT2D eigenvalue weighted by Crippen LogP contribution is 2.46. The Kier molecular flexibility index (Phi) is 12.5. The number of hydrogen-bond acceptors (Lipinski definition) is 19. The zero-order valence-corrected chi connectivity index (χ0v) is 26.8. The summed E-state index contributed by atoms with van der Waals surface area (Å²) in [5.74, 6) is -4.16. The molecule has 10 atom stereocenters. The highest BCUT2D eigenvalue weighted by atomic mass is 32.3. The molecule has 20 nitrogen and oxygen atoms in total. The lowest BCUT2D eigenvalue weighted by molar-refractivity contribution is -0.384. The van der Waals surface area contributed by atoms with E-state index in [1.165, 1.54) is 14.0 Å². The van der Waals surface area contributed by atoms with E-state index < -0.39 is 118 Å². The fourth-order valence-electron chi connectivity index (χ4n) is 5.74. The van der Waals surface area contributed by atoms with E-state index in [-0.39, 0.29) is 6.61 Å². The van der Waals surface area contributed by atoms with Gasteiger partial charge in [-0.25, -0.2) is 16.8 Å². The SMILES string of the molecule is COC[C@@H]1OC(C)(CO)[C@H](OS(=O)(=O)[O-])[C@@H](COC[C@]2(C)OC(C)(C(=O)[O-])[C@](COC)(OS(=O)(=O)[O-])[C@@H](O)C2O)C1NC(C)=O. The van der Waals surface area contributed by atoms with Gasteiger partial charge >= 0.3 is 0 Å². The first kappa shape index (κ1) is 39.5. The Bertz CT molecular complexity index is 1280. The Hall–Kier alpha value is -1.64. The Balaban J connectivity index is 2.54. The van der Waals surface area contributed by atoms with Crippen molar-refractivity contribution in [1.82, 2.24) is 5.32 Å². The number of hydrogen-bond donors (Lipinski definition) is 4. The van der Waals surface area contributed by atoms with Gasteiger partial charge in [-0.05, 0) is 20.8 Å². The van der Waals surface area contributed by atoms with Crippen molar-refractivity contribution in [2.45, 2.75) is 80.6 Å². The minimum Gasteiger partial charge on any atom is -0.726 e. The Labute approximate surface area is 259 Å². The summed E-state index contributed by atoms with van der Waals surface area (Å²) in [5.41, 5.74) is -10.2. The molecular formula is C23H38NO19S2-3. The van der Waals surface area contributed by atoms with E-state index >= 15 is 0 Å². The summed E-state index contributed by atoms with van der Waals surface area (Å²) in [6, 6.07) is -1.19. The van der Waals surface area contributed by atoms with Gasteiger partial charge in [0.25, 0.3) is 0 Å². The van der Waals surface area contributed by atoms with Crippen LogP contribution in [0.5, 0.6) is 0 Å². The largest absolute Gasteiger partial charge is 0.726 e. The molecule has 0 aromatic carbocycles. The number of aliphatic carboxylic acids is 1. The van der Waals surface area contributed by atoms with Crippen LogP contribution in [0, 0.1) is 5.92 Å². The topological polar surface area (TPSA) is 309 Å². The van der Waals surface area contributed by atoms with Crippen molar-refractivity contribution in [3.05, 3.63) is 0 Å². The van der Waals surface area contributed by atoms with Crippen LogP contribution >= 0.6 is 0 Å². The number of ether oxygens (including phenoxy) is 5. The van der Waals surface area contributed by atoms with Gasteiger partial charge in [0.1, 0.15) is 41.2 Å². The van der Waals surface area contributed by atoms with E-state index in [0.717, 1.165) is 21.0 Å². The van der Waals surface area contributed by atoms with Gasteiger partial charge in [-0.2, -0.15) is 0 Å². The molecule has 264 valence electrons. The van der Waals surface area contributed by atoms with Crippen LogP contribution in [0.1, 0.15) is 27.7 Å². The second-order valence-corrected chi connectivity index (χ2v) is 13.3. The molecule has 0 saturated carbocycles. The number of carbonyl (C=O) groups excluding carboxylic acids is 2. The highest BCUT2D eigenvalue weighted by molar-refractivity contribution is 7.81. The summed E-state index contributed by atoms with van der Waals surface area (Å²) in [6.07, 6.45) is -7.63. The number of aliphatic hydroxyl groups is 3. The van der Waals surface area contributed by atoms with Crippen LogP contribution < -0.4 is 10.4 Å². The lowest BCUT2D eigenvalue weighted by Gasteiger charge is -2.59. The second kappa shape index (κ2) is 14.2. The van der Waals surface area contributed by atoms with Gasteiger partial charge in [-0.1, -0.05) is 0 Å². The van der Waals surface area contributed by atoms with Crippen molar-refractivity contribution in [3.8, 4) is 0 Å². The van der Waals surface area contributed by atoms with Gasteiger partial charge < -0.3 is 63.3 Å². The van der Waals surface area contributed by atoms with Crippen LogP contribution in [-0.4, -0.2) is 153 Å². The summed E-state index contributed by atoms with van der Waals surface area (Å²) < 4.78 is 106. The average Bonchev–Trinajstić information content (AvgIpc) is 2.89. The molecule has 2 rings (SSSR count). The fourth-order valence-corrected chi connectivity index (χ4v) is 7.01. The Morgan fingerprint density at radius 2 is 1.53 bits per heavy atom. The second-order valence-electron chi connectivity index (χ2n) is 11.4. The van der Waals surface area contributed by atoms with Crippen LogP contribution in [0.4, 0.5) is 0 Å². The first-order chi connectivity index (χ1) is 20.5. The maximum absolute atomic E-state index is 12.3. The van der Waals surface area contributed by atoms with Crippen LogP contribution in [0.3, 0.4) is 0 Å². The maximum atomic E-state index is 12.3.